The highest BCUT2D eigenvalue weighted by atomic mass is 16.2. The normalized spacial score (nSPS) is 14.0. The van der Waals surface area contributed by atoms with Gasteiger partial charge in [-0.2, -0.15) is 0 Å². The molecule has 2 atom stereocenters. The van der Waals surface area contributed by atoms with Gasteiger partial charge in [0.05, 0.1) is 0 Å². The summed E-state index contributed by atoms with van der Waals surface area (Å²) in [5, 5.41) is 6.77. The Hall–Kier alpha value is -2.04. The number of carbonyl (C=O) groups is 1. The molecule has 0 heterocycles. The van der Waals surface area contributed by atoms with Gasteiger partial charge in [-0.25, -0.2) is 4.99 Å². The Morgan fingerprint density at radius 3 is 2.33 bits per heavy atom. The maximum absolute atomic E-state index is 11.8. The van der Waals surface area contributed by atoms with E-state index in [1.807, 2.05) is 6.07 Å². The fourth-order valence-corrected chi connectivity index (χ4v) is 2.09. The van der Waals surface area contributed by atoms with Gasteiger partial charge >= 0.3 is 0 Å². The summed E-state index contributed by atoms with van der Waals surface area (Å²) >= 11 is 0. The first-order valence-electron chi connectivity index (χ1n) is 8.74. The summed E-state index contributed by atoms with van der Waals surface area (Å²) in [6.07, 6.45) is 3.02. The van der Waals surface area contributed by atoms with Crippen molar-refractivity contribution in [2.45, 2.75) is 52.1 Å². The maximum Gasteiger partial charge on any atom is 0.243 e. The molecule has 0 radical (unpaired) electrons. The second kappa shape index (κ2) is 10.7. The molecule has 24 heavy (non-hydrogen) atoms. The van der Waals surface area contributed by atoms with Crippen LogP contribution in [0, 0.1) is 0 Å². The standard InChI is InChI=1S/C19H32N4O/c1-6-15(2)21-19(20-14-18(24)23(4)5)22-16(3)12-13-17-10-8-7-9-11-17/h7-11,15-16H,6,12-14H2,1-5H3,(H2,20,21,22). The van der Waals surface area contributed by atoms with Crippen LogP contribution < -0.4 is 10.6 Å². The van der Waals surface area contributed by atoms with Gasteiger partial charge in [0.15, 0.2) is 5.96 Å². The number of nitrogens with one attached hydrogen (secondary N) is 2. The van der Waals surface area contributed by atoms with Gasteiger partial charge in [-0.1, -0.05) is 37.3 Å². The summed E-state index contributed by atoms with van der Waals surface area (Å²) in [6, 6.07) is 11.1. The molecule has 0 aliphatic rings. The van der Waals surface area contributed by atoms with Crippen molar-refractivity contribution in [3.8, 4) is 0 Å². The Morgan fingerprint density at radius 1 is 1.12 bits per heavy atom. The van der Waals surface area contributed by atoms with Crippen LogP contribution in [-0.4, -0.2) is 49.5 Å². The highest BCUT2D eigenvalue weighted by Crippen LogP contribution is 2.04. The lowest BCUT2D eigenvalue weighted by Crippen LogP contribution is -2.46. The topological polar surface area (TPSA) is 56.7 Å². The second-order valence-electron chi connectivity index (χ2n) is 6.48. The van der Waals surface area contributed by atoms with Crippen molar-refractivity contribution in [3.05, 3.63) is 35.9 Å². The molecule has 2 unspecified atom stereocenters. The molecule has 2 N–H and O–H groups in total. The van der Waals surface area contributed by atoms with E-state index in [4.69, 9.17) is 0 Å². The van der Waals surface area contributed by atoms with E-state index >= 15 is 0 Å². The number of likely N-dealkylation sites (N-methyl/N-ethyl adjacent to an activating group) is 1. The van der Waals surface area contributed by atoms with Gasteiger partial charge < -0.3 is 15.5 Å². The molecule has 0 aliphatic carbocycles. The van der Waals surface area contributed by atoms with Crippen molar-refractivity contribution in [1.82, 2.24) is 15.5 Å². The Morgan fingerprint density at radius 2 is 1.75 bits per heavy atom. The molecule has 0 saturated carbocycles. The third-order valence-corrected chi connectivity index (χ3v) is 3.96. The Bertz CT molecular complexity index is 513. The summed E-state index contributed by atoms with van der Waals surface area (Å²) in [5.41, 5.74) is 1.34. The quantitative estimate of drug-likeness (QED) is 0.568. The second-order valence-corrected chi connectivity index (χ2v) is 6.48. The lowest BCUT2D eigenvalue weighted by Gasteiger charge is -2.21. The molecule has 1 amide bonds. The Balaban J connectivity index is 2.58. The molecule has 1 rings (SSSR count). The number of hydrogen-bond donors (Lipinski definition) is 2. The highest BCUT2D eigenvalue weighted by Gasteiger charge is 2.10. The minimum absolute atomic E-state index is 0.00260. The molecule has 0 bridgehead atoms. The van der Waals surface area contributed by atoms with E-state index in [1.165, 1.54) is 5.56 Å². The maximum atomic E-state index is 11.8. The number of nitrogens with zero attached hydrogens (tertiary/aromatic N) is 2. The van der Waals surface area contributed by atoms with Gasteiger partial charge in [0, 0.05) is 26.2 Å². The van der Waals surface area contributed by atoms with Gasteiger partial charge in [0.25, 0.3) is 0 Å². The van der Waals surface area contributed by atoms with Crippen LogP contribution in [0.4, 0.5) is 0 Å². The van der Waals surface area contributed by atoms with Gasteiger partial charge in [-0.15, -0.1) is 0 Å². The van der Waals surface area contributed by atoms with Crippen LogP contribution in [0.3, 0.4) is 0 Å². The van der Waals surface area contributed by atoms with Crippen LogP contribution in [0.2, 0.25) is 0 Å². The van der Waals surface area contributed by atoms with Crippen molar-refractivity contribution >= 4 is 11.9 Å². The average Bonchev–Trinajstić information content (AvgIpc) is 2.58. The molecule has 0 saturated heterocycles. The molecule has 1 aromatic rings. The monoisotopic (exact) mass is 332 g/mol. The van der Waals surface area contributed by atoms with Crippen molar-refractivity contribution in [3.63, 3.8) is 0 Å². The van der Waals surface area contributed by atoms with Crippen LogP contribution in [0.1, 0.15) is 39.2 Å². The van der Waals surface area contributed by atoms with E-state index in [0.717, 1.165) is 19.3 Å². The zero-order valence-corrected chi connectivity index (χ0v) is 15.7. The van der Waals surface area contributed by atoms with E-state index in [2.05, 4.69) is 60.7 Å². The summed E-state index contributed by atoms with van der Waals surface area (Å²) < 4.78 is 0. The Labute approximate surface area is 146 Å². The van der Waals surface area contributed by atoms with E-state index in [0.29, 0.717) is 12.0 Å². The SMILES string of the molecule is CCC(C)NC(=NCC(=O)N(C)C)NC(C)CCc1ccccc1. The van der Waals surface area contributed by atoms with Crippen LogP contribution in [0.5, 0.6) is 0 Å². The van der Waals surface area contributed by atoms with E-state index in [-0.39, 0.29) is 18.5 Å². The molecular formula is C19H32N4O. The smallest absolute Gasteiger partial charge is 0.243 e. The van der Waals surface area contributed by atoms with E-state index in [1.54, 1.807) is 19.0 Å². The van der Waals surface area contributed by atoms with Crippen LogP contribution in [0.15, 0.2) is 35.3 Å². The van der Waals surface area contributed by atoms with Crippen molar-refractivity contribution < 1.29 is 4.79 Å². The van der Waals surface area contributed by atoms with E-state index < -0.39 is 0 Å². The van der Waals surface area contributed by atoms with Crippen LogP contribution in [0.25, 0.3) is 0 Å². The summed E-state index contributed by atoms with van der Waals surface area (Å²) in [6.45, 7) is 6.54. The number of guanidine groups is 1. The lowest BCUT2D eigenvalue weighted by atomic mass is 10.1. The van der Waals surface area contributed by atoms with Crippen LogP contribution >= 0.6 is 0 Å². The molecule has 5 nitrogen and oxygen atoms in total. The molecule has 0 aliphatic heterocycles. The molecule has 0 spiro atoms. The van der Waals surface area contributed by atoms with Gasteiger partial charge in [-0.3, -0.25) is 4.79 Å². The summed E-state index contributed by atoms with van der Waals surface area (Å²) in [5.74, 6) is 0.706. The predicted molar refractivity (Wildman–Crippen MR) is 101 cm³/mol. The fourth-order valence-electron chi connectivity index (χ4n) is 2.09. The molecule has 1 aromatic carbocycles. The number of benzene rings is 1. The molecule has 0 aromatic heterocycles. The van der Waals surface area contributed by atoms with Gasteiger partial charge in [-0.05, 0) is 38.7 Å². The predicted octanol–water partition coefficient (Wildman–Crippen LogP) is 2.43. The van der Waals surface area contributed by atoms with Crippen molar-refractivity contribution in [1.29, 1.82) is 0 Å². The number of amides is 1. The highest BCUT2D eigenvalue weighted by molar-refractivity contribution is 5.85. The minimum atomic E-state index is -0.00260. The average molecular weight is 332 g/mol. The summed E-state index contributed by atoms with van der Waals surface area (Å²) in [7, 11) is 3.49. The molecule has 5 heteroatoms. The first kappa shape index (κ1) is 20.0. The number of aryl methyl sites for hydroxylation is 1. The largest absolute Gasteiger partial charge is 0.354 e. The lowest BCUT2D eigenvalue weighted by molar-refractivity contribution is -0.127. The van der Waals surface area contributed by atoms with Gasteiger partial charge in [0.1, 0.15) is 6.54 Å². The number of rotatable bonds is 8. The first-order chi connectivity index (χ1) is 11.4. The fraction of sp³-hybridized carbons (Fsp3) is 0.579. The molecular weight excluding hydrogens is 300 g/mol. The zero-order chi connectivity index (χ0) is 17.9. The Kier molecular flexibility index (Phi) is 8.90. The number of aliphatic imine (C=N–C) groups is 1. The molecule has 0 fully saturated rings. The van der Waals surface area contributed by atoms with Crippen molar-refractivity contribution in [2.75, 3.05) is 20.6 Å². The summed E-state index contributed by atoms with van der Waals surface area (Å²) in [4.78, 5) is 17.8. The zero-order valence-electron chi connectivity index (χ0n) is 15.7. The third kappa shape index (κ3) is 7.99. The van der Waals surface area contributed by atoms with Crippen LogP contribution in [-0.2, 0) is 11.2 Å². The minimum Gasteiger partial charge on any atom is -0.354 e. The van der Waals surface area contributed by atoms with Gasteiger partial charge in [0.2, 0.25) is 5.91 Å². The first-order valence-corrected chi connectivity index (χ1v) is 8.74. The third-order valence-electron chi connectivity index (χ3n) is 3.96. The number of hydrogen-bond acceptors (Lipinski definition) is 2. The molecule has 134 valence electrons. The van der Waals surface area contributed by atoms with E-state index in [9.17, 15) is 4.79 Å². The number of carbonyl (C=O) groups excluding carboxylic acids is 1. The van der Waals surface area contributed by atoms with Crippen molar-refractivity contribution in [2.24, 2.45) is 4.99 Å².